The molecule has 176 valence electrons. The summed E-state index contributed by atoms with van der Waals surface area (Å²) in [4.78, 5) is 25.6. The topological polar surface area (TPSA) is 99.9 Å². The van der Waals surface area contributed by atoms with Crippen molar-refractivity contribution in [2.75, 3.05) is 33.5 Å². The zero-order valence-corrected chi connectivity index (χ0v) is 18.5. The van der Waals surface area contributed by atoms with E-state index in [9.17, 15) is 22.8 Å². The van der Waals surface area contributed by atoms with Crippen molar-refractivity contribution >= 4 is 23.5 Å². The number of ether oxygens (including phenoxy) is 3. The summed E-state index contributed by atoms with van der Waals surface area (Å²) >= 11 is 6.17. The molecule has 0 spiro atoms. The molecular weight excluding hydrogens is 453 g/mol. The van der Waals surface area contributed by atoms with E-state index in [1.165, 1.54) is 13.0 Å². The van der Waals surface area contributed by atoms with Crippen LogP contribution in [0, 0.1) is 0 Å². The molecule has 0 amide bonds. The van der Waals surface area contributed by atoms with Crippen LogP contribution in [0.15, 0.2) is 40.7 Å². The van der Waals surface area contributed by atoms with Crippen molar-refractivity contribution in [1.29, 1.82) is 0 Å². The lowest BCUT2D eigenvalue weighted by molar-refractivity contribution is -0.139. The van der Waals surface area contributed by atoms with E-state index in [0.717, 1.165) is 19.2 Å². The summed E-state index contributed by atoms with van der Waals surface area (Å²) < 4.78 is 56.0. The molecule has 11 heteroatoms. The lowest BCUT2D eigenvalue weighted by Crippen LogP contribution is -2.35. The highest BCUT2D eigenvalue weighted by atomic mass is 35.5. The van der Waals surface area contributed by atoms with Gasteiger partial charge in [0.2, 0.25) is 0 Å². The van der Waals surface area contributed by atoms with Gasteiger partial charge in [0.15, 0.2) is 0 Å². The first-order valence-corrected chi connectivity index (χ1v) is 10.1. The third-order valence-corrected chi connectivity index (χ3v) is 5.12. The first kappa shape index (κ1) is 25.7. The normalized spacial score (nSPS) is 16.7. The Kier molecular flexibility index (Phi) is 8.71. The minimum Gasteiger partial charge on any atom is -0.466 e. The van der Waals surface area contributed by atoms with Crippen LogP contribution in [0.1, 0.15) is 30.9 Å². The average Bonchev–Trinajstić information content (AvgIpc) is 2.72. The molecule has 0 bridgehead atoms. The van der Waals surface area contributed by atoms with Gasteiger partial charge < -0.3 is 25.3 Å². The van der Waals surface area contributed by atoms with Gasteiger partial charge in [-0.25, -0.2) is 9.59 Å². The van der Waals surface area contributed by atoms with Crippen LogP contribution in [0.2, 0.25) is 5.02 Å². The van der Waals surface area contributed by atoms with Gasteiger partial charge in [-0.05, 0) is 25.5 Å². The van der Waals surface area contributed by atoms with Crippen LogP contribution in [-0.2, 0) is 30.0 Å². The zero-order valence-electron chi connectivity index (χ0n) is 17.8. The third kappa shape index (κ3) is 5.43. The third-order valence-electron chi connectivity index (χ3n) is 4.70. The van der Waals surface area contributed by atoms with Crippen LogP contribution in [0.4, 0.5) is 13.2 Å². The first-order chi connectivity index (χ1) is 15.1. The molecule has 0 fully saturated rings. The minimum atomic E-state index is -4.74. The Balaban J connectivity index is 2.81. The van der Waals surface area contributed by atoms with Gasteiger partial charge in [0.25, 0.3) is 0 Å². The monoisotopic (exact) mass is 476 g/mol. The largest absolute Gasteiger partial charge is 0.466 e. The number of hydrogen-bond donors (Lipinski definition) is 2. The lowest BCUT2D eigenvalue weighted by Gasteiger charge is -2.32. The quantitative estimate of drug-likeness (QED) is 0.438. The summed E-state index contributed by atoms with van der Waals surface area (Å²) in [5.74, 6) is -2.95. The molecule has 0 saturated carbocycles. The van der Waals surface area contributed by atoms with Crippen molar-refractivity contribution < 1.29 is 37.0 Å². The van der Waals surface area contributed by atoms with Crippen LogP contribution in [-0.4, -0.2) is 45.4 Å². The van der Waals surface area contributed by atoms with Crippen LogP contribution < -0.4 is 11.1 Å². The number of nitrogens with one attached hydrogen (secondary N) is 1. The molecular formula is C21H24ClF3N2O5. The van der Waals surface area contributed by atoms with Crippen molar-refractivity contribution in [3.8, 4) is 0 Å². The second-order valence-electron chi connectivity index (χ2n) is 6.75. The molecule has 1 aromatic rings. The number of alkyl halides is 3. The maximum atomic E-state index is 13.5. The molecule has 0 aromatic heterocycles. The van der Waals surface area contributed by atoms with Crippen LogP contribution in [0.25, 0.3) is 0 Å². The zero-order chi connectivity index (χ0) is 24.1. The number of dihydropyridines is 1. The number of hydrogen-bond acceptors (Lipinski definition) is 7. The lowest BCUT2D eigenvalue weighted by atomic mass is 9.79. The van der Waals surface area contributed by atoms with Crippen molar-refractivity contribution in [2.45, 2.75) is 25.9 Å². The number of benzene rings is 1. The van der Waals surface area contributed by atoms with E-state index in [-0.39, 0.29) is 54.5 Å². The Morgan fingerprint density at radius 3 is 2.47 bits per heavy atom. The Morgan fingerprint density at radius 1 is 1.22 bits per heavy atom. The van der Waals surface area contributed by atoms with E-state index in [0.29, 0.717) is 0 Å². The van der Waals surface area contributed by atoms with Crippen molar-refractivity contribution in [2.24, 2.45) is 5.73 Å². The average molecular weight is 477 g/mol. The van der Waals surface area contributed by atoms with E-state index in [1.807, 2.05) is 0 Å². The molecule has 3 N–H and O–H groups in total. The molecule has 1 unspecified atom stereocenters. The van der Waals surface area contributed by atoms with Crippen LogP contribution in [0.5, 0.6) is 0 Å². The Bertz CT molecular complexity index is 944. The van der Waals surface area contributed by atoms with Gasteiger partial charge in [-0.1, -0.05) is 23.7 Å². The predicted octanol–water partition coefficient (Wildman–Crippen LogP) is 3.29. The predicted molar refractivity (Wildman–Crippen MR) is 111 cm³/mol. The molecule has 1 aliphatic heterocycles. The highest BCUT2D eigenvalue weighted by molar-refractivity contribution is 6.32. The fraction of sp³-hybridized carbons (Fsp3) is 0.429. The van der Waals surface area contributed by atoms with E-state index in [1.54, 1.807) is 6.92 Å². The highest BCUT2D eigenvalue weighted by Gasteiger charge is 2.42. The summed E-state index contributed by atoms with van der Waals surface area (Å²) in [6.07, 6.45) is -4.74. The van der Waals surface area contributed by atoms with Crippen LogP contribution >= 0.6 is 11.6 Å². The molecule has 1 heterocycles. The summed E-state index contributed by atoms with van der Waals surface area (Å²) in [6, 6.07) is 3.30. The highest BCUT2D eigenvalue weighted by Crippen LogP contribution is 2.45. The van der Waals surface area contributed by atoms with Gasteiger partial charge >= 0.3 is 18.1 Å². The van der Waals surface area contributed by atoms with Crippen molar-refractivity contribution in [3.63, 3.8) is 0 Å². The van der Waals surface area contributed by atoms with Crippen molar-refractivity contribution in [1.82, 2.24) is 5.32 Å². The molecule has 0 aliphatic carbocycles. The second-order valence-corrected chi connectivity index (χ2v) is 7.13. The minimum absolute atomic E-state index is 0.00142. The van der Waals surface area contributed by atoms with Gasteiger partial charge in [-0.3, -0.25) is 0 Å². The van der Waals surface area contributed by atoms with Gasteiger partial charge in [-0.15, -0.1) is 0 Å². The number of carbonyl (C=O) groups excluding carboxylic acids is 2. The number of esters is 2. The van der Waals surface area contributed by atoms with Gasteiger partial charge in [-0.2, -0.15) is 13.2 Å². The summed E-state index contributed by atoms with van der Waals surface area (Å²) in [7, 11) is 1.13. The fourth-order valence-electron chi connectivity index (χ4n) is 3.40. The second kappa shape index (κ2) is 10.8. The summed E-state index contributed by atoms with van der Waals surface area (Å²) in [6.45, 7) is 3.37. The number of carbonyl (C=O) groups is 2. The van der Waals surface area contributed by atoms with E-state index >= 15 is 0 Å². The molecule has 0 radical (unpaired) electrons. The first-order valence-electron chi connectivity index (χ1n) is 9.68. The van der Waals surface area contributed by atoms with Gasteiger partial charge in [0, 0.05) is 12.2 Å². The van der Waals surface area contributed by atoms with Gasteiger partial charge in [0.1, 0.15) is 0 Å². The fourth-order valence-corrected chi connectivity index (χ4v) is 3.74. The number of halogens is 4. The summed E-state index contributed by atoms with van der Waals surface area (Å²) in [5.41, 5.74) is 4.57. The number of rotatable bonds is 8. The molecule has 0 saturated heterocycles. The standard InChI is InChI=1S/C21H24ClF3N2O5/c1-4-32-20(29)17-14(10-31-9-8-26)27-11(2)15(19(28)30-3)16(17)12-6-5-7-13(18(12)22)21(23,24)25/h5-7,16,27H,4,8-10,26H2,1-3H3. The van der Waals surface area contributed by atoms with E-state index in [2.05, 4.69) is 5.32 Å². The molecule has 1 aliphatic rings. The number of methoxy groups -OCH3 is 1. The van der Waals surface area contributed by atoms with Crippen molar-refractivity contribution in [3.05, 3.63) is 56.9 Å². The van der Waals surface area contributed by atoms with E-state index < -0.39 is 34.6 Å². The molecule has 1 aromatic carbocycles. The smallest absolute Gasteiger partial charge is 0.417 e. The van der Waals surface area contributed by atoms with Crippen LogP contribution in [0.3, 0.4) is 0 Å². The maximum Gasteiger partial charge on any atom is 0.417 e. The number of nitrogens with two attached hydrogens (primary N) is 1. The molecule has 7 nitrogen and oxygen atoms in total. The molecule has 1 atom stereocenters. The number of allylic oxidation sites excluding steroid dienone is 1. The Hall–Kier alpha value is -2.56. The van der Waals surface area contributed by atoms with E-state index in [4.69, 9.17) is 31.5 Å². The SMILES string of the molecule is CCOC(=O)C1=C(COCCN)NC(C)=C(C(=O)OC)C1c1cccc(C(F)(F)F)c1Cl. The van der Waals surface area contributed by atoms with Gasteiger partial charge in [0.05, 0.1) is 60.3 Å². The molecule has 32 heavy (non-hydrogen) atoms. The Morgan fingerprint density at radius 2 is 1.91 bits per heavy atom. The Labute approximate surface area is 188 Å². The maximum absolute atomic E-state index is 13.5. The summed E-state index contributed by atoms with van der Waals surface area (Å²) in [5, 5.41) is 2.29. The molecule has 2 rings (SSSR count).